The summed E-state index contributed by atoms with van der Waals surface area (Å²) < 4.78 is 2.02. The molecule has 0 amide bonds. The summed E-state index contributed by atoms with van der Waals surface area (Å²) in [5.41, 5.74) is 3.58. The van der Waals surface area contributed by atoms with E-state index in [0.717, 1.165) is 29.7 Å². The van der Waals surface area contributed by atoms with E-state index < -0.39 is 0 Å². The second-order valence-corrected chi connectivity index (χ2v) is 4.80. The smallest absolute Gasteiger partial charge is 0.235 e. The van der Waals surface area contributed by atoms with E-state index in [4.69, 9.17) is 0 Å². The van der Waals surface area contributed by atoms with Gasteiger partial charge in [0.15, 0.2) is 0 Å². The van der Waals surface area contributed by atoms with Gasteiger partial charge >= 0.3 is 0 Å². The Balaban J connectivity index is 2.00. The van der Waals surface area contributed by atoms with Gasteiger partial charge in [0.1, 0.15) is 6.33 Å². The fourth-order valence-electron chi connectivity index (χ4n) is 2.18. The van der Waals surface area contributed by atoms with Crippen molar-refractivity contribution in [2.45, 2.75) is 31.0 Å². The summed E-state index contributed by atoms with van der Waals surface area (Å²) in [7, 11) is 0. The number of hydrogen-bond acceptors (Lipinski definition) is 3. The second-order valence-electron chi connectivity index (χ2n) is 4.24. The lowest BCUT2D eigenvalue weighted by atomic mass is 10.0. The molecule has 1 aliphatic carbocycles. The lowest BCUT2D eigenvalue weighted by Crippen LogP contribution is -2.09. The van der Waals surface area contributed by atoms with E-state index in [2.05, 4.69) is 30.9 Å². The molecular formula is C12H13BrN4. The van der Waals surface area contributed by atoms with Gasteiger partial charge < -0.3 is 0 Å². The molecule has 0 saturated carbocycles. The average molecular weight is 293 g/mol. The van der Waals surface area contributed by atoms with E-state index in [9.17, 15) is 0 Å². The van der Waals surface area contributed by atoms with Crippen molar-refractivity contribution < 1.29 is 0 Å². The molecule has 0 bridgehead atoms. The highest BCUT2D eigenvalue weighted by atomic mass is 79.9. The molecule has 2 aromatic heterocycles. The Kier molecular flexibility index (Phi) is 2.93. The molecule has 0 saturated heterocycles. The molecular weight excluding hydrogens is 280 g/mol. The van der Waals surface area contributed by atoms with Crippen molar-refractivity contribution in [1.29, 1.82) is 0 Å². The Hall–Kier alpha value is -1.23. The van der Waals surface area contributed by atoms with Crippen LogP contribution in [0.4, 0.5) is 0 Å². The number of aromatic nitrogens is 4. The van der Waals surface area contributed by atoms with Crippen LogP contribution in [0.15, 0.2) is 18.7 Å². The fraction of sp³-hybridized carbons (Fsp3) is 0.417. The van der Waals surface area contributed by atoms with Gasteiger partial charge in [0.25, 0.3) is 0 Å². The van der Waals surface area contributed by atoms with Crippen LogP contribution in [-0.4, -0.2) is 19.5 Å². The van der Waals surface area contributed by atoms with Crippen molar-refractivity contribution >= 4 is 15.9 Å². The summed E-state index contributed by atoms with van der Waals surface area (Å²) in [6, 6.07) is 0. The van der Waals surface area contributed by atoms with Crippen LogP contribution < -0.4 is 0 Å². The SMILES string of the molecule is BrCc1cnc(-n2cnc3c2CCCC3)nc1. The van der Waals surface area contributed by atoms with Crippen LogP contribution in [0.25, 0.3) is 5.95 Å². The second kappa shape index (κ2) is 4.56. The Morgan fingerprint density at radius 1 is 1.12 bits per heavy atom. The summed E-state index contributed by atoms with van der Waals surface area (Å²) in [4.78, 5) is 13.2. The highest BCUT2D eigenvalue weighted by molar-refractivity contribution is 9.08. The summed E-state index contributed by atoms with van der Waals surface area (Å²) in [6.45, 7) is 0. The normalized spacial score (nSPS) is 14.6. The van der Waals surface area contributed by atoms with Crippen molar-refractivity contribution in [1.82, 2.24) is 19.5 Å². The average Bonchev–Trinajstić information content (AvgIpc) is 2.83. The van der Waals surface area contributed by atoms with Crippen LogP contribution in [0.3, 0.4) is 0 Å². The molecule has 1 aliphatic rings. The summed E-state index contributed by atoms with van der Waals surface area (Å²) in [5.74, 6) is 0.727. The molecule has 0 radical (unpaired) electrons. The third-order valence-corrected chi connectivity index (χ3v) is 3.74. The zero-order valence-electron chi connectivity index (χ0n) is 9.43. The van der Waals surface area contributed by atoms with Gasteiger partial charge in [-0.3, -0.25) is 4.57 Å². The maximum atomic E-state index is 4.45. The zero-order valence-corrected chi connectivity index (χ0v) is 11.0. The molecule has 0 aromatic carbocycles. The van der Waals surface area contributed by atoms with E-state index in [0.29, 0.717) is 0 Å². The number of nitrogens with zero attached hydrogens (tertiary/aromatic N) is 4. The fourth-order valence-corrected chi connectivity index (χ4v) is 2.47. The number of hydrogen-bond donors (Lipinski definition) is 0. The van der Waals surface area contributed by atoms with Crippen LogP contribution in [-0.2, 0) is 18.2 Å². The monoisotopic (exact) mass is 292 g/mol. The van der Waals surface area contributed by atoms with E-state index in [1.807, 2.05) is 23.3 Å². The summed E-state index contributed by atoms with van der Waals surface area (Å²) in [5, 5.41) is 0.787. The molecule has 17 heavy (non-hydrogen) atoms. The largest absolute Gasteiger partial charge is 0.271 e. The molecule has 4 nitrogen and oxygen atoms in total. The third kappa shape index (κ3) is 1.99. The van der Waals surface area contributed by atoms with Crippen LogP contribution >= 0.6 is 15.9 Å². The molecule has 2 aromatic rings. The van der Waals surface area contributed by atoms with Gasteiger partial charge in [-0.05, 0) is 31.2 Å². The Morgan fingerprint density at radius 2 is 1.88 bits per heavy atom. The summed E-state index contributed by atoms with van der Waals surface area (Å²) in [6.07, 6.45) is 10.2. The maximum Gasteiger partial charge on any atom is 0.235 e. The van der Waals surface area contributed by atoms with Crippen LogP contribution in [0.1, 0.15) is 29.8 Å². The summed E-state index contributed by atoms with van der Waals surface area (Å²) >= 11 is 3.39. The van der Waals surface area contributed by atoms with Crippen molar-refractivity contribution in [3.05, 3.63) is 35.7 Å². The van der Waals surface area contributed by atoms with Crippen LogP contribution in [0.5, 0.6) is 0 Å². The predicted octanol–water partition coefficient (Wildman–Crippen LogP) is 2.44. The molecule has 0 unspecified atom stereocenters. The van der Waals surface area contributed by atoms with Crippen molar-refractivity contribution in [2.24, 2.45) is 0 Å². The first-order chi connectivity index (χ1) is 8.38. The van der Waals surface area contributed by atoms with Gasteiger partial charge in [-0.15, -0.1) is 0 Å². The number of imidazole rings is 1. The Bertz CT molecular complexity index is 518. The number of halogens is 1. The number of fused-ring (bicyclic) bond motifs is 1. The van der Waals surface area contributed by atoms with Gasteiger partial charge in [0.05, 0.1) is 5.69 Å². The number of aryl methyl sites for hydroxylation is 1. The molecule has 0 aliphatic heterocycles. The van der Waals surface area contributed by atoms with Gasteiger partial charge in [0.2, 0.25) is 5.95 Å². The number of rotatable bonds is 2. The molecule has 2 heterocycles. The van der Waals surface area contributed by atoms with E-state index >= 15 is 0 Å². The Morgan fingerprint density at radius 3 is 2.65 bits per heavy atom. The molecule has 88 valence electrons. The first-order valence-electron chi connectivity index (χ1n) is 5.81. The highest BCUT2D eigenvalue weighted by Gasteiger charge is 2.16. The Labute approximate surface area is 108 Å². The molecule has 0 spiro atoms. The van der Waals surface area contributed by atoms with Gasteiger partial charge in [0, 0.05) is 23.4 Å². The highest BCUT2D eigenvalue weighted by Crippen LogP contribution is 2.21. The first-order valence-corrected chi connectivity index (χ1v) is 6.93. The topological polar surface area (TPSA) is 43.6 Å². The minimum Gasteiger partial charge on any atom is -0.271 e. The van der Waals surface area contributed by atoms with E-state index in [1.165, 1.54) is 24.2 Å². The minimum atomic E-state index is 0.727. The van der Waals surface area contributed by atoms with Crippen LogP contribution in [0.2, 0.25) is 0 Å². The first kappa shape index (κ1) is 10.9. The van der Waals surface area contributed by atoms with Crippen LogP contribution in [0, 0.1) is 0 Å². The standard InChI is InChI=1S/C12H13BrN4/c13-5-9-6-14-12(15-7-9)17-8-16-10-3-1-2-4-11(10)17/h6-8H,1-5H2. The van der Waals surface area contributed by atoms with E-state index in [-0.39, 0.29) is 0 Å². The van der Waals surface area contributed by atoms with Gasteiger partial charge in [-0.25, -0.2) is 15.0 Å². The van der Waals surface area contributed by atoms with E-state index in [1.54, 1.807) is 0 Å². The van der Waals surface area contributed by atoms with Crippen molar-refractivity contribution in [2.75, 3.05) is 0 Å². The predicted molar refractivity (Wildman–Crippen MR) is 68.4 cm³/mol. The quantitative estimate of drug-likeness (QED) is 0.799. The minimum absolute atomic E-state index is 0.727. The van der Waals surface area contributed by atoms with Gasteiger partial charge in [-0.2, -0.15) is 0 Å². The molecule has 0 fully saturated rings. The molecule has 3 rings (SSSR count). The molecule has 0 atom stereocenters. The van der Waals surface area contributed by atoms with Crippen molar-refractivity contribution in [3.8, 4) is 5.95 Å². The van der Waals surface area contributed by atoms with Gasteiger partial charge in [-0.1, -0.05) is 15.9 Å². The molecule has 0 N–H and O–H groups in total. The molecule has 5 heteroatoms. The zero-order chi connectivity index (χ0) is 11.7. The lowest BCUT2D eigenvalue weighted by Gasteiger charge is -2.12. The third-order valence-electron chi connectivity index (χ3n) is 3.09. The van der Waals surface area contributed by atoms with Crippen molar-refractivity contribution in [3.63, 3.8) is 0 Å². The number of alkyl halides is 1. The maximum absolute atomic E-state index is 4.45. The lowest BCUT2D eigenvalue weighted by molar-refractivity contribution is 0.651.